The number of halogens is 1. The van der Waals surface area contributed by atoms with Crippen molar-refractivity contribution >= 4 is 11.6 Å². The third-order valence-corrected chi connectivity index (χ3v) is 3.99. The topological polar surface area (TPSA) is 68.0 Å². The normalized spacial score (nSPS) is 10.6. The van der Waals surface area contributed by atoms with E-state index in [1.54, 1.807) is 67.0 Å². The van der Waals surface area contributed by atoms with Gasteiger partial charge >= 0.3 is 0 Å². The standard InChI is InChI=1S/C21H14FN3O2/c22-18-8-4-3-7-17(18)19-13-24-21(27-19)16-6-2-1-5-15(16)20(26)25-14-9-11-23-12-10-14/h1-13H,(H,23,25,26). The van der Waals surface area contributed by atoms with Crippen molar-refractivity contribution in [3.8, 4) is 22.8 Å². The van der Waals surface area contributed by atoms with Crippen LogP contribution in [0, 0.1) is 5.82 Å². The number of benzene rings is 2. The molecule has 4 rings (SSSR count). The van der Waals surface area contributed by atoms with Crippen LogP contribution >= 0.6 is 0 Å². The maximum atomic E-state index is 14.0. The van der Waals surface area contributed by atoms with E-state index in [1.807, 2.05) is 0 Å². The lowest BCUT2D eigenvalue weighted by atomic mass is 10.1. The molecule has 0 aliphatic carbocycles. The Balaban J connectivity index is 1.68. The van der Waals surface area contributed by atoms with E-state index in [4.69, 9.17) is 4.42 Å². The summed E-state index contributed by atoms with van der Waals surface area (Å²) >= 11 is 0. The lowest BCUT2D eigenvalue weighted by molar-refractivity contribution is 0.102. The van der Waals surface area contributed by atoms with E-state index in [1.165, 1.54) is 12.3 Å². The zero-order valence-electron chi connectivity index (χ0n) is 14.1. The first-order valence-corrected chi connectivity index (χ1v) is 8.24. The van der Waals surface area contributed by atoms with Crippen LogP contribution < -0.4 is 5.32 Å². The zero-order valence-corrected chi connectivity index (χ0v) is 14.1. The van der Waals surface area contributed by atoms with Crippen LogP contribution in [-0.2, 0) is 0 Å². The Hall–Kier alpha value is -3.80. The first kappa shape index (κ1) is 16.7. The maximum absolute atomic E-state index is 14.0. The Labute approximate surface area is 154 Å². The second-order valence-electron chi connectivity index (χ2n) is 5.75. The number of hydrogen-bond acceptors (Lipinski definition) is 4. The van der Waals surface area contributed by atoms with Crippen molar-refractivity contribution in [3.05, 3.63) is 90.6 Å². The fourth-order valence-corrected chi connectivity index (χ4v) is 2.69. The monoisotopic (exact) mass is 359 g/mol. The Bertz CT molecular complexity index is 1090. The molecule has 0 bridgehead atoms. The average molecular weight is 359 g/mol. The summed E-state index contributed by atoms with van der Waals surface area (Å²) < 4.78 is 19.7. The quantitative estimate of drug-likeness (QED) is 0.568. The molecule has 0 aliphatic heterocycles. The molecule has 2 aromatic carbocycles. The number of anilines is 1. The number of nitrogens with zero attached hydrogens (tertiary/aromatic N) is 2. The van der Waals surface area contributed by atoms with Crippen LogP contribution in [0.2, 0.25) is 0 Å². The van der Waals surface area contributed by atoms with Crippen molar-refractivity contribution < 1.29 is 13.6 Å². The molecule has 27 heavy (non-hydrogen) atoms. The first-order chi connectivity index (χ1) is 13.2. The Morgan fingerprint density at radius 1 is 0.926 bits per heavy atom. The SMILES string of the molecule is O=C(Nc1ccncc1)c1ccccc1-c1ncc(-c2ccccc2F)o1. The van der Waals surface area contributed by atoms with E-state index < -0.39 is 5.82 Å². The number of aromatic nitrogens is 2. The minimum absolute atomic E-state index is 0.244. The third kappa shape index (κ3) is 3.46. The van der Waals surface area contributed by atoms with E-state index in [0.29, 0.717) is 28.1 Å². The van der Waals surface area contributed by atoms with E-state index in [0.717, 1.165) is 0 Å². The van der Waals surface area contributed by atoms with E-state index in [2.05, 4.69) is 15.3 Å². The highest BCUT2D eigenvalue weighted by Crippen LogP contribution is 2.29. The number of pyridine rings is 1. The van der Waals surface area contributed by atoms with Gasteiger partial charge < -0.3 is 9.73 Å². The first-order valence-electron chi connectivity index (χ1n) is 8.24. The summed E-state index contributed by atoms with van der Waals surface area (Å²) in [6.45, 7) is 0. The summed E-state index contributed by atoms with van der Waals surface area (Å²) in [4.78, 5) is 20.8. The number of rotatable bonds is 4. The van der Waals surface area contributed by atoms with Crippen molar-refractivity contribution in [1.29, 1.82) is 0 Å². The summed E-state index contributed by atoms with van der Waals surface area (Å²) in [5.41, 5.74) is 1.86. The van der Waals surface area contributed by atoms with Crippen LogP contribution in [0.4, 0.5) is 10.1 Å². The van der Waals surface area contributed by atoms with Crippen molar-refractivity contribution in [2.24, 2.45) is 0 Å². The average Bonchev–Trinajstić information content (AvgIpc) is 3.19. The molecule has 0 atom stereocenters. The van der Waals surface area contributed by atoms with Gasteiger partial charge in [0.15, 0.2) is 5.76 Å². The molecule has 5 nitrogen and oxygen atoms in total. The third-order valence-electron chi connectivity index (χ3n) is 3.99. The van der Waals surface area contributed by atoms with Gasteiger partial charge in [-0.3, -0.25) is 9.78 Å². The number of oxazole rings is 1. The van der Waals surface area contributed by atoms with Crippen LogP contribution in [0.25, 0.3) is 22.8 Å². The Morgan fingerprint density at radius 2 is 1.63 bits per heavy atom. The van der Waals surface area contributed by atoms with Gasteiger partial charge in [0.2, 0.25) is 5.89 Å². The molecule has 0 radical (unpaired) electrons. The molecule has 1 amide bonds. The molecular formula is C21H14FN3O2. The van der Waals surface area contributed by atoms with Crippen LogP contribution in [0.15, 0.2) is 83.7 Å². The molecular weight excluding hydrogens is 345 g/mol. The van der Waals surface area contributed by atoms with Crippen molar-refractivity contribution in [1.82, 2.24) is 9.97 Å². The van der Waals surface area contributed by atoms with E-state index >= 15 is 0 Å². The van der Waals surface area contributed by atoms with Gasteiger partial charge in [-0.25, -0.2) is 9.37 Å². The fourth-order valence-electron chi connectivity index (χ4n) is 2.69. The summed E-state index contributed by atoms with van der Waals surface area (Å²) in [5.74, 6) is -0.160. The van der Waals surface area contributed by atoms with Crippen molar-refractivity contribution in [3.63, 3.8) is 0 Å². The number of carbonyl (C=O) groups excluding carboxylic acids is 1. The van der Waals surface area contributed by atoms with Crippen LogP contribution in [0.1, 0.15) is 10.4 Å². The Kier molecular flexibility index (Phi) is 4.45. The van der Waals surface area contributed by atoms with Crippen LogP contribution in [0.3, 0.4) is 0 Å². The molecule has 0 unspecified atom stereocenters. The number of carbonyl (C=O) groups is 1. The smallest absolute Gasteiger partial charge is 0.256 e. The molecule has 1 N–H and O–H groups in total. The maximum Gasteiger partial charge on any atom is 0.256 e. The Morgan fingerprint density at radius 3 is 2.41 bits per heavy atom. The van der Waals surface area contributed by atoms with Crippen LogP contribution in [0.5, 0.6) is 0 Å². The summed E-state index contributed by atoms with van der Waals surface area (Å²) in [6.07, 6.45) is 4.64. The van der Waals surface area contributed by atoms with E-state index in [-0.39, 0.29) is 11.8 Å². The highest BCUT2D eigenvalue weighted by molar-refractivity contribution is 6.08. The van der Waals surface area contributed by atoms with Gasteiger partial charge in [-0.05, 0) is 36.4 Å². The highest BCUT2D eigenvalue weighted by atomic mass is 19.1. The number of hydrogen-bond donors (Lipinski definition) is 1. The minimum Gasteiger partial charge on any atom is -0.436 e. The van der Waals surface area contributed by atoms with Crippen LogP contribution in [-0.4, -0.2) is 15.9 Å². The predicted molar refractivity (Wildman–Crippen MR) is 99.5 cm³/mol. The largest absolute Gasteiger partial charge is 0.436 e. The summed E-state index contributed by atoms with van der Waals surface area (Å²) in [7, 11) is 0. The lowest BCUT2D eigenvalue weighted by Crippen LogP contribution is -2.13. The number of nitrogens with one attached hydrogen (secondary N) is 1. The lowest BCUT2D eigenvalue weighted by Gasteiger charge is -2.08. The second kappa shape index (κ2) is 7.21. The van der Waals surface area contributed by atoms with Crippen molar-refractivity contribution in [2.45, 2.75) is 0 Å². The van der Waals surface area contributed by atoms with Gasteiger partial charge in [-0.1, -0.05) is 24.3 Å². The summed E-state index contributed by atoms with van der Waals surface area (Å²) in [5, 5.41) is 2.81. The molecule has 6 heteroatoms. The molecule has 0 saturated heterocycles. The van der Waals surface area contributed by atoms with Gasteiger partial charge in [0.25, 0.3) is 5.91 Å². The molecule has 2 aromatic heterocycles. The molecule has 0 spiro atoms. The van der Waals surface area contributed by atoms with Gasteiger partial charge in [0.1, 0.15) is 5.82 Å². The summed E-state index contributed by atoms with van der Waals surface area (Å²) in [6, 6.07) is 16.6. The predicted octanol–water partition coefficient (Wildman–Crippen LogP) is 4.80. The van der Waals surface area contributed by atoms with Gasteiger partial charge in [0.05, 0.1) is 17.3 Å². The molecule has 0 fully saturated rings. The van der Waals surface area contributed by atoms with Gasteiger partial charge in [-0.2, -0.15) is 0 Å². The van der Waals surface area contributed by atoms with E-state index in [9.17, 15) is 9.18 Å². The fraction of sp³-hybridized carbons (Fsp3) is 0. The van der Waals surface area contributed by atoms with Gasteiger partial charge in [-0.15, -0.1) is 0 Å². The van der Waals surface area contributed by atoms with Gasteiger partial charge in [0, 0.05) is 23.6 Å². The van der Waals surface area contributed by atoms with Crippen molar-refractivity contribution in [2.75, 3.05) is 5.32 Å². The highest BCUT2D eigenvalue weighted by Gasteiger charge is 2.18. The molecule has 4 aromatic rings. The molecule has 0 aliphatic rings. The number of amides is 1. The molecule has 0 saturated carbocycles. The zero-order chi connectivity index (χ0) is 18.6. The minimum atomic E-state index is -0.399. The molecule has 132 valence electrons. The molecule has 2 heterocycles. The second-order valence-corrected chi connectivity index (χ2v) is 5.75.